The molecular formula is C20H20N4O7. The van der Waals surface area contributed by atoms with Crippen LogP contribution in [0.1, 0.15) is 22.3 Å². The number of guanidine groups is 1. The summed E-state index contributed by atoms with van der Waals surface area (Å²) >= 11 is 0. The smallest absolute Gasteiger partial charge is 0.343 e. The van der Waals surface area contributed by atoms with Crippen molar-refractivity contribution in [2.75, 3.05) is 0 Å². The number of carboxylic acids is 2. The Bertz CT molecular complexity index is 997. The molecule has 7 N–H and O–H groups in total. The maximum Gasteiger partial charge on any atom is 0.343 e. The minimum Gasteiger partial charge on any atom is -0.481 e. The predicted octanol–water partition coefficient (Wildman–Crippen LogP) is 0.397. The third kappa shape index (κ3) is 7.49. The summed E-state index contributed by atoms with van der Waals surface area (Å²) in [5.74, 6) is -3.92. The van der Waals surface area contributed by atoms with Gasteiger partial charge in [0.2, 0.25) is 5.91 Å². The molecule has 1 atom stereocenters. The van der Waals surface area contributed by atoms with Gasteiger partial charge in [0.05, 0.1) is 24.1 Å². The number of carboxylic acid groups (broad SMARTS) is 2. The summed E-state index contributed by atoms with van der Waals surface area (Å²) in [7, 11) is 0. The molecule has 0 radical (unpaired) electrons. The summed E-state index contributed by atoms with van der Waals surface area (Å²) in [4.78, 5) is 49.7. The van der Waals surface area contributed by atoms with Crippen molar-refractivity contribution in [3.05, 3.63) is 59.7 Å². The number of carbonyl (C=O) groups excluding carboxylic acids is 2. The highest BCUT2D eigenvalue weighted by Crippen LogP contribution is 2.17. The van der Waals surface area contributed by atoms with E-state index < -0.39 is 36.3 Å². The number of nitrogens with one attached hydrogen (secondary N) is 1. The molecule has 11 nitrogen and oxygen atoms in total. The number of benzene rings is 2. The zero-order valence-corrected chi connectivity index (χ0v) is 16.1. The van der Waals surface area contributed by atoms with Crippen molar-refractivity contribution in [1.29, 1.82) is 0 Å². The molecule has 2 rings (SSSR count). The molecule has 0 spiro atoms. The van der Waals surface area contributed by atoms with Gasteiger partial charge in [0.15, 0.2) is 5.96 Å². The van der Waals surface area contributed by atoms with Crippen LogP contribution in [0.25, 0.3) is 0 Å². The first-order valence-corrected chi connectivity index (χ1v) is 8.89. The highest BCUT2D eigenvalue weighted by atomic mass is 16.5. The molecule has 1 amide bonds. The first-order chi connectivity index (χ1) is 14.6. The van der Waals surface area contributed by atoms with E-state index in [-0.39, 0.29) is 23.7 Å². The van der Waals surface area contributed by atoms with Gasteiger partial charge in [0, 0.05) is 0 Å². The van der Waals surface area contributed by atoms with Crippen LogP contribution in [0.2, 0.25) is 0 Å². The van der Waals surface area contributed by atoms with Crippen LogP contribution in [0.15, 0.2) is 53.5 Å². The lowest BCUT2D eigenvalue weighted by Gasteiger charge is -2.12. The summed E-state index contributed by atoms with van der Waals surface area (Å²) in [5, 5.41) is 19.8. The molecule has 0 heterocycles. The van der Waals surface area contributed by atoms with E-state index in [0.717, 1.165) is 0 Å². The summed E-state index contributed by atoms with van der Waals surface area (Å²) in [6, 6.07) is 10.6. The number of rotatable bonds is 9. The lowest BCUT2D eigenvalue weighted by atomic mass is 10.1. The van der Waals surface area contributed by atoms with E-state index in [0.29, 0.717) is 11.3 Å². The monoisotopic (exact) mass is 428 g/mol. The number of hydrogen-bond acceptors (Lipinski definition) is 6. The Balaban J connectivity index is 1.94. The van der Waals surface area contributed by atoms with Crippen LogP contribution in [0, 0.1) is 0 Å². The fourth-order valence-electron chi connectivity index (χ4n) is 2.47. The van der Waals surface area contributed by atoms with Gasteiger partial charge in [0.1, 0.15) is 11.8 Å². The molecule has 31 heavy (non-hydrogen) atoms. The van der Waals surface area contributed by atoms with Crippen LogP contribution in [-0.2, 0) is 20.8 Å². The normalized spacial score (nSPS) is 11.1. The van der Waals surface area contributed by atoms with Crippen molar-refractivity contribution < 1.29 is 34.1 Å². The maximum absolute atomic E-state index is 12.2. The SMILES string of the molecule is NC(N)=Nc1ccc(C(=O)Oc2ccc(CC(=O)N[C@H](CC(=O)O)C(=O)O)cc2)cc1. The maximum atomic E-state index is 12.2. The number of aliphatic imine (C=N–C) groups is 1. The third-order valence-electron chi connectivity index (χ3n) is 3.87. The Morgan fingerprint density at radius 3 is 2.10 bits per heavy atom. The molecule has 0 aliphatic carbocycles. The molecule has 0 saturated heterocycles. The molecule has 11 heteroatoms. The van der Waals surface area contributed by atoms with Gasteiger partial charge in [-0.25, -0.2) is 14.6 Å². The summed E-state index contributed by atoms with van der Waals surface area (Å²) in [6.07, 6.45) is -0.910. The first kappa shape index (κ1) is 22.9. The molecule has 0 bridgehead atoms. The largest absolute Gasteiger partial charge is 0.481 e. The number of ether oxygens (including phenoxy) is 1. The number of hydrogen-bond donors (Lipinski definition) is 5. The van der Waals surface area contributed by atoms with Gasteiger partial charge in [-0.1, -0.05) is 12.1 Å². The van der Waals surface area contributed by atoms with Crippen molar-refractivity contribution in [3.63, 3.8) is 0 Å². The minimum atomic E-state index is -1.52. The second kappa shape index (κ2) is 10.4. The quantitative estimate of drug-likeness (QED) is 0.162. The molecule has 0 aliphatic rings. The van der Waals surface area contributed by atoms with Crippen LogP contribution < -0.4 is 21.5 Å². The Hall–Kier alpha value is -4.41. The second-order valence-corrected chi connectivity index (χ2v) is 6.35. The van der Waals surface area contributed by atoms with Crippen molar-refractivity contribution in [2.45, 2.75) is 18.9 Å². The molecule has 0 aromatic heterocycles. The fourth-order valence-corrected chi connectivity index (χ4v) is 2.47. The van der Waals surface area contributed by atoms with Crippen molar-refractivity contribution in [3.8, 4) is 5.75 Å². The van der Waals surface area contributed by atoms with Gasteiger partial charge in [-0.05, 0) is 42.0 Å². The zero-order chi connectivity index (χ0) is 23.0. The third-order valence-corrected chi connectivity index (χ3v) is 3.87. The Morgan fingerprint density at radius 1 is 0.968 bits per heavy atom. The number of esters is 1. The average Bonchev–Trinajstić information content (AvgIpc) is 2.68. The standard InChI is InChI=1S/C20H20N4O7/c21-20(22)23-13-5-3-12(4-6-13)19(30)31-14-7-1-11(2-8-14)9-16(25)24-15(18(28)29)10-17(26)27/h1-8,15H,9-10H2,(H,24,25)(H,26,27)(H,28,29)(H4,21,22,23)/t15-/m1/s1. The van der Waals surface area contributed by atoms with E-state index >= 15 is 0 Å². The van der Waals surface area contributed by atoms with E-state index in [1.165, 1.54) is 36.4 Å². The van der Waals surface area contributed by atoms with Gasteiger partial charge in [-0.15, -0.1) is 0 Å². The van der Waals surface area contributed by atoms with Crippen LogP contribution in [-0.4, -0.2) is 46.0 Å². The summed E-state index contributed by atoms with van der Waals surface area (Å²) in [5.41, 5.74) is 11.8. The van der Waals surface area contributed by atoms with E-state index in [2.05, 4.69) is 10.3 Å². The van der Waals surface area contributed by atoms with Crippen LogP contribution in [0.4, 0.5) is 5.69 Å². The lowest BCUT2D eigenvalue weighted by Crippen LogP contribution is -2.42. The zero-order valence-electron chi connectivity index (χ0n) is 16.1. The van der Waals surface area contributed by atoms with Gasteiger partial charge in [-0.2, -0.15) is 0 Å². The molecular weight excluding hydrogens is 408 g/mol. The van der Waals surface area contributed by atoms with Crippen LogP contribution in [0.3, 0.4) is 0 Å². The molecule has 0 saturated carbocycles. The number of nitrogens with zero attached hydrogens (tertiary/aromatic N) is 1. The highest BCUT2D eigenvalue weighted by molar-refractivity contribution is 5.91. The summed E-state index contributed by atoms with van der Waals surface area (Å²) in [6.45, 7) is 0. The molecule has 0 fully saturated rings. The van der Waals surface area contributed by atoms with Gasteiger partial charge >= 0.3 is 17.9 Å². The van der Waals surface area contributed by atoms with Crippen LogP contribution >= 0.6 is 0 Å². The van der Waals surface area contributed by atoms with Gasteiger partial charge in [-0.3, -0.25) is 9.59 Å². The number of aliphatic carboxylic acids is 2. The highest BCUT2D eigenvalue weighted by Gasteiger charge is 2.23. The second-order valence-electron chi connectivity index (χ2n) is 6.35. The van der Waals surface area contributed by atoms with E-state index in [4.69, 9.17) is 26.4 Å². The first-order valence-electron chi connectivity index (χ1n) is 8.89. The van der Waals surface area contributed by atoms with Gasteiger partial charge in [0.25, 0.3) is 0 Å². The molecule has 2 aromatic rings. The van der Waals surface area contributed by atoms with E-state index in [9.17, 15) is 19.2 Å². The van der Waals surface area contributed by atoms with E-state index in [1.807, 2.05) is 0 Å². The Kier molecular flexibility index (Phi) is 7.67. The number of amides is 1. The Morgan fingerprint density at radius 2 is 1.58 bits per heavy atom. The number of carbonyl (C=O) groups is 4. The molecule has 162 valence electrons. The topological polar surface area (TPSA) is 194 Å². The van der Waals surface area contributed by atoms with Crippen molar-refractivity contribution in [1.82, 2.24) is 5.32 Å². The predicted molar refractivity (Wildman–Crippen MR) is 109 cm³/mol. The molecule has 0 unspecified atom stereocenters. The van der Waals surface area contributed by atoms with Crippen LogP contribution in [0.5, 0.6) is 5.75 Å². The van der Waals surface area contributed by atoms with Crippen molar-refractivity contribution >= 4 is 35.5 Å². The van der Waals surface area contributed by atoms with Gasteiger partial charge < -0.3 is 31.7 Å². The Labute approximate surface area is 176 Å². The van der Waals surface area contributed by atoms with E-state index in [1.54, 1.807) is 12.1 Å². The lowest BCUT2D eigenvalue weighted by molar-refractivity contribution is -0.147. The fraction of sp³-hybridized carbons (Fsp3) is 0.150. The molecule has 2 aromatic carbocycles. The van der Waals surface area contributed by atoms with Crippen molar-refractivity contribution in [2.24, 2.45) is 16.5 Å². The minimum absolute atomic E-state index is 0.107. The summed E-state index contributed by atoms with van der Waals surface area (Å²) < 4.78 is 5.25. The average molecular weight is 428 g/mol. The molecule has 0 aliphatic heterocycles. The number of nitrogens with two attached hydrogens (primary N) is 2.